The molecular formula is C20H31N3O3S. The van der Waals surface area contributed by atoms with Crippen molar-refractivity contribution in [1.29, 1.82) is 0 Å². The second-order valence-corrected chi connectivity index (χ2v) is 9.75. The van der Waals surface area contributed by atoms with Crippen molar-refractivity contribution in [1.82, 2.24) is 9.21 Å². The number of carbonyl (C=O) groups excluding carboxylic acids is 1. The molecule has 2 saturated heterocycles. The average molecular weight is 394 g/mol. The number of carbonyl (C=O) groups is 1. The number of rotatable bonds is 5. The van der Waals surface area contributed by atoms with Crippen molar-refractivity contribution in [2.24, 2.45) is 5.92 Å². The summed E-state index contributed by atoms with van der Waals surface area (Å²) in [6, 6.07) is 8.44. The van der Waals surface area contributed by atoms with Gasteiger partial charge < -0.3 is 9.80 Å². The van der Waals surface area contributed by atoms with Crippen molar-refractivity contribution < 1.29 is 13.2 Å². The molecule has 0 aromatic heterocycles. The van der Waals surface area contributed by atoms with E-state index in [9.17, 15) is 13.2 Å². The fourth-order valence-electron chi connectivity index (χ4n) is 4.05. The van der Waals surface area contributed by atoms with E-state index in [0.717, 1.165) is 25.9 Å². The number of nitrogens with zero attached hydrogens (tertiary/aromatic N) is 3. The van der Waals surface area contributed by atoms with Crippen molar-refractivity contribution in [2.45, 2.75) is 33.1 Å². The molecule has 0 spiro atoms. The van der Waals surface area contributed by atoms with Crippen molar-refractivity contribution in [3.63, 3.8) is 0 Å². The minimum atomic E-state index is -3.23. The molecule has 1 aromatic carbocycles. The lowest BCUT2D eigenvalue weighted by atomic mass is 9.97. The fourth-order valence-corrected chi connectivity index (χ4v) is 5.64. The predicted octanol–water partition coefficient (Wildman–Crippen LogP) is 2.10. The summed E-state index contributed by atoms with van der Waals surface area (Å²) in [6.07, 6.45) is 2.16. The Morgan fingerprint density at radius 2 is 1.89 bits per heavy atom. The Balaban J connectivity index is 1.57. The highest BCUT2D eigenvalue weighted by Crippen LogP contribution is 2.23. The molecule has 2 aliphatic rings. The van der Waals surface area contributed by atoms with E-state index < -0.39 is 10.0 Å². The minimum Gasteiger partial charge on any atom is -0.368 e. The highest BCUT2D eigenvalue weighted by atomic mass is 32.2. The number of sulfonamides is 1. The van der Waals surface area contributed by atoms with Crippen LogP contribution >= 0.6 is 0 Å². The van der Waals surface area contributed by atoms with Crippen LogP contribution in [-0.2, 0) is 14.8 Å². The van der Waals surface area contributed by atoms with E-state index in [0.29, 0.717) is 32.6 Å². The largest absolute Gasteiger partial charge is 0.368 e. The zero-order chi connectivity index (χ0) is 19.4. The molecule has 2 heterocycles. The van der Waals surface area contributed by atoms with Gasteiger partial charge in [-0.2, -0.15) is 0 Å². The van der Waals surface area contributed by atoms with E-state index >= 15 is 0 Å². The van der Waals surface area contributed by atoms with Gasteiger partial charge in [0.1, 0.15) is 0 Å². The second kappa shape index (κ2) is 8.61. The number of piperidine rings is 1. The van der Waals surface area contributed by atoms with Crippen LogP contribution in [0.25, 0.3) is 0 Å². The molecule has 1 aromatic rings. The van der Waals surface area contributed by atoms with Gasteiger partial charge in [0, 0.05) is 45.0 Å². The number of hydrogen-bond donors (Lipinski definition) is 0. The van der Waals surface area contributed by atoms with Gasteiger partial charge in [0.2, 0.25) is 15.9 Å². The molecule has 0 aliphatic carbocycles. The van der Waals surface area contributed by atoms with Crippen LogP contribution in [0.1, 0.15) is 31.7 Å². The first kappa shape index (κ1) is 20.1. The third kappa shape index (κ3) is 4.82. The number of piperazine rings is 1. The monoisotopic (exact) mass is 393 g/mol. The first-order chi connectivity index (χ1) is 12.9. The molecule has 0 saturated carbocycles. The lowest BCUT2D eigenvalue weighted by Crippen LogP contribution is -2.53. The summed E-state index contributed by atoms with van der Waals surface area (Å²) >= 11 is 0. The van der Waals surface area contributed by atoms with Crippen LogP contribution in [0.3, 0.4) is 0 Å². The van der Waals surface area contributed by atoms with Gasteiger partial charge in [0.15, 0.2) is 0 Å². The maximum atomic E-state index is 13.0. The Kier molecular flexibility index (Phi) is 6.42. The smallest absolute Gasteiger partial charge is 0.227 e. The molecule has 2 aliphatic heterocycles. The van der Waals surface area contributed by atoms with E-state index in [1.807, 2.05) is 11.8 Å². The van der Waals surface area contributed by atoms with Gasteiger partial charge in [-0.3, -0.25) is 4.79 Å². The Labute approximate surface area is 163 Å². The Hall–Kier alpha value is -1.60. The van der Waals surface area contributed by atoms with Gasteiger partial charge >= 0.3 is 0 Å². The third-order valence-corrected chi connectivity index (χ3v) is 7.59. The van der Waals surface area contributed by atoms with Crippen LogP contribution in [0, 0.1) is 12.8 Å². The number of anilines is 1. The van der Waals surface area contributed by atoms with E-state index in [-0.39, 0.29) is 17.6 Å². The molecule has 1 amide bonds. The number of benzene rings is 1. The van der Waals surface area contributed by atoms with Crippen LogP contribution < -0.4 is 4.90 Å². The van der Waals surface area contributed by atoms with E-state index in [2.05, 4.69) is 36.1 Å². The SMILES string of the molecule is CCCS(=O)(=O)N1CCCC(C(=O)N2CCN(c3cccc(C)c3)CC2)C1. The Morgan fingerprint density at radius 1 is 1.15 bits per heavy atom. The van der Waals surface area contributed by atoms with E-state index in [1.165, 1.54) is 15.6 Å². The zero-order valence-corrected chi connectivity index (χ0v) is 17.2. The zero-order valence-electron chi connectivity index (χ0n) is 16.4. The molecular weight excluding hydrogens is 362 g/mol. The van der Waals surface area contributed by atoms with Gasteiger partial charge in [-0.05, 0) is 43.9 Å². The summed E-state index contributed by atoms with van der Waals surface area (Å²) in [6.45, 7) is 7.89. The molecule has 1 unspecified atom stereocenters. The van der Waals surface area contributed by atoms with Crippen molar-refractivity contribution in [2.75, 3.05) is 49.9 Å². The molecule has 6 nitrogen and oxygen atoms in total. The normalized spacial score (nSPS) is 22.1. The third-order valence-electron chi connectivity index (χ3n) is 5.55. The minimum absolute atomic E-state index is 0.121. The summed E-state index contributed by atoms with van der Waals surface area (Å²) < 4.78 is 26.2. The first-order valence-corrected chi connectivity index (χ1v) is 11.6. The summed E-state index contributed by atoms with van der Waals surface area (Å²) in [5.41, 5.74) is 2.44. The van der Waals surface area contributed by atoms with Gasteiger partial charge in [-0.25, -0.2) is 12.7 Å². The maximum Gasteiger partial charge on any atom is 0.227 e. The van der Waals surface area contributed by atoms with Crippen molar-refractivity contribution in [3.05, 3.63) is 29.8 Å². The molecule has 0 N–H and O–H groups in total. The predicted molar refractivity (Wildman–Crippen MR) is 108 cm³/mol. The van der Waals surface area contributed by atoms with Crippen molar-refractivity contribution in [3.8, 4) is 0 Å². The van der Waals surface area contributed by atoms with Gasteiger partial charge in [-0.1, -0.05) is 19.1 Å². The summed E-state index contributed by atoms with van der Waals surface area (Å²) in [5, 5.41) is 0. The summed E-state index contributed by atoms with van der Waals surface area (Å²) in [5.74, 6) is 0.0921. The number of hydrogen-bond acceptors (Lipinski definition) is 4. The summed E-state index contributed by atoms with van der Waals surface area (Å²) in [4.78, 5) is 17.2. The van der Waals surface area contributed by atoms with Gasteiger partial charge in [0.05, 0.1) is 11.7 Å². The van der Waals surface area contributed by atoms with Gasteiger partial charge in [-0.15, -0.1) is 0 Å². The number of amides is 1. The molecule has 1 atom stereocenters. The van der Waals surface area contributed by atoms with Crippen molar-refractivity contribution >= 4 is 21.6 Å². The molecule has 150 valence electrons. The van der Waals surface area contributed by atoms with E-state index in [1.54, 1.807) is 0 Å². The van der Waals surface area contributed by atoms with Crippen LogP contribution in [0.4, 0.5) is 5.69 Å². The van der Waals surface area contributed by atoms with Crippen LogP contribution in [0.5, 0.6) is 0 Å². The molecule has 7 heteroatoms. The highest BCUT2D eigenvalue weighted by molar-refractivity contribution is 7.89. The van der Waals surface area contributed by atoms with Crippen LogP contribution in [0.15, 0.2) is 24.3 Å². The lowest BCUT2D eigenvalue weighted by molar-refractivity contribution is -0.137. The molecule has 27 heavy (non-hydrogen) atoms. The molecule has 3 rings (SSSR count). The van der Waals surface area contributed by atoms with E-state index in [4.69, 9.17) is 0 Å². The first-order valence-electron chi connectivity index (χ1n) is 9.99. The highest BCUT2D eigenvalue weighted by Gasteiger charge is 2.34. The second-order valence-electron chi connectivity index (χ2n) is 7.66. The quantitative estimate of drug-likeness (QED) is 0.769. The van der Waals surface area contributed by atoms with Gasteiger partial charge in [0.25, 0.3) is 0 Å². The lowest BCUT2D eigenvalue weighted by Gasteiger charge is -2.39. The fraction of sp³-hybridized carbons (Fsp3) is 0.650. The summed E-state index contributed by atoms with van der Waals surface area (Å²) in [7, 11) is -3.23. The van der Waals surface area contributed by atoms with Crippen LogP contribution in [0.2, 0.25) is 0 Å². The average Bonchev–Trinajstić information content (AvgIpc) is 2.68. The molecule has 0 bridgehead atoms. The maximum absolute atomic E-state index is 13.0. The molecule has 2 fully saturated rings. The Bertz CT molecular complexity index is 757. The standard InChI is InChI=1S/C20H31N3O3S/c1-3-14-27(25,26)23-9-5-7-18(16-23)20(24)22-12-10-21(11-13-22)19-8-4-6-17(2)15-19/h4,6,8,15,18H,3,5,7,9-14,16H2,1-2H3. The Morgan fingerprint density at radius 3 is 2.56 bits per heavy atom. The topological polar surface area (TPSA) is 60.9 Å². The van der Waals surface area contributed by atoms with Crippen LogP contribution in [-0.4, -0.2) is 68.6 Å². The number of aryl methyl sites for hydroxylation is 1. The molecule has 0 radical (unpaired) electrons.